The minimum absolute atomic E-state index is 0. The van der Waals surface area contributed by atoms with Gasteiger partial charge in [0.1, 0.15) is 5.75 Å². The van der Waals surface area contributed by atoms with Gasteiger partial charge in [-0.2, -0.15) is 0 Å². The van der Waals surface area contributed by atoms with Gasteiger partial charge in [0.25, 0.3) is 5.91 Å². The molecule has 0 aromatic heterocycles. The fourth-order valence-corrected chi connectivity index (χ4v) is 3.02. The highest BCUT2D eigenvalue weighted by Gasteiger charge is 2.27. The van der Waals surface area contributed by atoms with E-state index < -0.39 is 5.91 Å². The van der Waals surface area contributed by atoms with E-state index in [1.807, 2.05) is 24.3 Å². The highest BCUT2D eigenvalue weighted by molar-refractivity contribution is 14.0. The number of carbonyl (C=O) groups is 1. The molecule has 0 aliphatic heterocycles. The molecule has 1 aromatic carbocycles. The van der Waals surface area contributed by atoms with Crippen molar-refractivity contribution in [1.82, 2.24) is 10.6 Å². The summed E-state index contributed by atoms with van der Waals surface area (Å²) in [4.78, 5) is 15.1. The topological polar surface area (TPSA) is 88.7 Å². The highest BCUT2D eigenvalue weighted by Crippen LogP contribution is 2.34. The lowest BCUT2D eigenvalue weighted by Crippen LogP contribution is -2.45. The van der Waals surface area contributed by atoms with Crippen LogP contribution < -0.4 is 21.1 Å². The molecule has 0 saturated heterocycles. The molecule has 146 valence electrons. The van der Waals surface area contributed by atoms with Crippen molar-refractivity contribution in [2.24, 2.45) is 16.1 Å². The van der Waals surface area contributed by atoms with Crippen molar-refractivity contribution >= 4 is 35.8 Å². The zero-order valence-electron chi connectivity index (χ0n) is 15.9. The van der Waals surface area contributed by atoms with Gasteiger partial charge in [-0.15, -0.1) is 24.0 Å². The summed E-state index contributed by atoms with van der Waals surface area (Å²) in [6.45, 7) is 5.19. The van der Waals surface area contributed by atoms with Crippen molar-refractivity contribution in [3.8, 4) is 5.75 Å². The molecule has 1 amide bonds. The molecular weight excluding hydrogens is 443 g/mol. The van der Waals surface area contributed by atoms with E-state index >= 15 is 0 Å². The fourth-order valence-electron chi connectivity index (χ4n) is 3.02. The van der Waals surface area contributed by atoms with E-state index in [-0.39, 0.29) is 30.6 Å². The molecule has 4 N–H and O–H groups in total. The number of hydrogen-bond donors (Lipinski definition) is 3. The third-order valence-electron chi connectivity index (χ3n) is 4.64. The molecule has 0 spiro atoms. The number of rotatable bonds is 6. The normalized spacial score (nSPS) is 17.1. The molecule has 1 aromatic rings. The molecule has 0 heterocycles. The summed E-state index contributed by atoms with van der Waals surface area (Å²) in [6.07, 6.45) is 4.82. The van der Waals surface area contributed by atoms with Crippen LogP contribution in [0.1, 0.15) is 45.1 Å². The zero-order chi connectivity index (χ0) is 18.3. The van der Waals surface area contributed by atoms with E-state index in [9.17, 15) is 4.79 Å². The molecule has 1 saturated carbocycles. The number of primary amides is 1. The van der Waals surface area contributed by atoms with Crippen LogP contribution in [0.5, 0.6) is 5.75 Å². The zero-order valence-corrected chi connectivity index (χ0v) is 18.2. The molecule has 0 unspecified atom stereocenters. The van der Waals surface area contributed by atoms with E-state index in [4.69, 9.17) is 10.5 Å². The van der Waals surface area contributed by atoms with Crippen molar-refractivity contribution < 1.29 is 9.53 Å². The molecular formula is C19H31IN4O2. The molecule has 1 aliphatic rings. The minimum atomic E-state index is -0.483. The summed E-state index contributed by atoms with van der Waals surface area (Å²) in [6, 6.07) is 8.08. The third kappa shape index (κ3) is 7.80. The quantitative estimate of drug-likeness (QED) is 0.336. The monoisotopic (exact) mass is 474 g/mol. The average molecular weight is 474 g/mol. The van der Waals surface area contributed by atoms with Crippen molar-refractivity contribution in [3.63, 3.8) is 0 Å². The molecule has 1 aliphatic carbocycles. The van der Waals surface area contributed by atoms with Crippen LogP contribution in [-0.2, 0) is 11.3 Å². The lowest BCUT2D eigenvalue weighted by Gasteiger charge is -2.35. The summed E-state index contributed by atoms with van der Waals surface area (Å²) < 4.78 is 5.33. The first-order chi connectivity index (χ1) is 11.9. The SMILES string of the molecule is CN=C(NCc1cccc(OCC(N)=O)c1)NC1CCC(C)(C)CC1.I. The Morgan fingerprint density at radius 1 is 1.35 bits per heavy atom. The molecule has 0 atom stereocenters. The van der Waals surface area contributed by atoms with Crippen molar-refractivity contribution in [3.05, 3.63) is 29.8 Å². The number of nitrogens with one attached hydrogen (secondary N) is 2. The summed E-state index contributed by atoms with van der Waals surface area (Å²) in [7, 11) is 1.79. The lowest BCUT2D eigenvalue weighted by molar-refractivity contribution is -0.119. The van der Waals surface area contributed by atoms with Crippen LogP contribution in [0.15, 0.2) is 29.3 Å². The molecule has 1 fully saturated rings. The summed E-state index contributed by atoms with van der Waals surface area (Å²) in [5.74, 6) is 0.965. The van der Waals surface area contributed by atoms with Gasteiger partial charge in [-0.25, -0.2) is 0 Å². The van der Waals surface area contributed by atoms with E-state index in [1.54, 1.807) is 7.05 Å². The molecule has 7 heteroatoms. The van der Waals surface area contributed by atoms with E-state index in [0.717, 1.165) is 11.5 Å². The van der Waals surface area contributed by atoms with Gasteiger partial charge in [0.2, 0.25) is 0 Å². The standard InChI is InChI=1S/C19H30N4O2.HI/c1-19(2)9-7-15(8-10-19)23-18(21-3)22-12-14-5-4-6-16(11-14)25-13-17(20)24;/h4-6,11,15H,7-10,12-13H2,1-3H3,(H2,20,24)(H2,21,22,23);1H. The number of ether oxygens (including phenoxy) is 1. The Morgan fingerprint density at radius 2 is 2.04 bits per heavy atom. The van der Waals surface area contributed by atoms with Crippen LogP contribution >= 0.6 is 24.0 Å². The number of hydrogen-bond acceptors (Lipinski definition) is 3. The number of halogens is 1. The second-order valence-electron chi connectivity index (χ2n) is 7.41. The van der Waals surface area contributed by atoms with Gasteiger partial charge in [-0.05, 0) is 48.8 Å². The number of guanidine groups is 1. The van der Waals surface area contributed by atoms with E-state index in [2.05, 4.69) is 29.5 Å². The lowest BCUT2D eigenvalue weighted by atomic mass is 9.75. The molecule has 6 nitrogen and oxygen atoms in total. The molecule has 2 rings (SSSR count). The van der Waals surface area contributed by atoms with Gasteiger partial charge in [0.15, 0.2) is 12.6 Å². The van der Waals surface area contributed by atoms with Crippen LogP contribution in [-0.4, -0.2) is 31.6 Å². The Morgan fingerprint density at radius 3 is 2.65 bits per heavy atom. The number of amides is 1. The van der Waals surface area contributed by atoms with Gasteiger partial charge < -0.3 is 21.1 Å². The average Bonchev–Trinajstić information content (AvgIpc) is 2.58. The van der Waals surface area contributed by atoms with E-state index in [1.165, 1.54) is 25.7 Å². The maximum atomic E-state index is 10.8. The van der Waals surface area contributed by atoms with Gasteiger partial charge >= 0.3 is 0 Å². The van der Waals surface area contributed by atoms with Gasteiger partial charge in [0, 0.05) is 19.6 Å². The minimum Gasteiger partial charge on any atom is -0.484 e. The number of carbonyl (C=O) groups excluding carboxylic acids is 1. The number of aliphatic imine (C=N–C) groups is 1. The second kappa shape index (κ2) is 10.6. The molecule has 0 bridgehead atoms. The Bertz CT molecular complexity index is 609. The van der Waals surface area contributed by atoms with Crippen LogP contribution in [0.4, 0.5) is 0 Å². The Kier molecular flexibility index (Phi) is 9.18. The first-order valence-electron chi connectivity index (χ1n) is 8.85. The largest absolute Gasteiger partial charge is 0.484 e. The second-order valence-corrected chi connectivity index (χ2v) is 7.41. The van der Waals surface area contributed by atoms with Crippen LogP contribution in [0.25, 0.3) is 0 Å². The number of nitrogens with zero attached hydrogens (tertiary/aromatic N) is 1. The first kappa shape index (κ1) is 22.5. The summed E-state index contributed by atoms with van der Waals surface area (Å²) in [5.41, 5.74) is 6.61. The van der Waals surface area contributed by atoms with Crippen molar-refractivity contribution in [2.45, 2.75) is 52.1 Å². The molecule has 0 radical (unpaired) electrons. The number of benzene rings is 1. The van der Waals surface area contributed by atoms with Gasteiger partial charge in [-0.3, -0.25) is 9.79 Å². The highest BCUT2D eigenvalue weighted by atomic mass is 127. The Hall–Kier alpha value is -1.51. The Balaban J connectivity index is 0.00000338. The third-order valence-corrected chi connectivity index (χ3v) is 4.64. The summed E-state index contributed by atoms with van der Waals surface area (Å²) >= 11 is 0. The summed E-state index contributed by atoms with van der Waals surface area (Å²) in [5, 5.41) is 6.85. The maximum Gasteiger partial charge on any atom is 0.255 e. The Labute approximate surface area is 173 Å². The van der Waals surface area contributed by atoms with Crippen molar-refractivity contribution in [1.29, 1.82) is 0 Å². The van der Waals surface area contributed by atoms with Gasteiger partial charge in [0.05, 0.1) is 0 Å². The van der Waals surface area contributed by atoms with Crippen molar-refractivity contribution in [2.75, 3.05) is 13.7 Å². The smallest absolute Gasteiger partial charge is 0.255 e. The van der Waals surface area contributed by atoms with Gasteiger partial charge in [-0.1, -0.05) is 26.0 Å². The predicted octanol–water partition coefficient (Wildman–Crippen LogP) is 2.80. The first-order valence-corrected chi connectivity index (χ1v) is 8.85. The maximum absolute atomic E-state index is 10.8. The number of nitrogens with two attached hydrogens (primary N) is 1. The van der Waals surface area contributed by atoms with E-state index in [0.29, 0.717) is 23.8 Å². The molecule has 26 heavy (non-hydrogen) atoms. The fraction of sp³-hybridized carbons (Fsp3) is 0.579. The van der Waals surface area contributed by atoms with Crippen LogP contribution in [0, 0.1) is 5.41 Å². The van der Waals surface area contributed by atoms with Crippen LogP contribution in [0.2, 0.25) is 0 Å². The van der Waals surface area contributed by atoms with Crippen LogP contribution in [0.3, 0.4) is 0 Å². The predicted molar refractivity (Wildman–Crippen MR) is 116 cm³/mol.